The largest absolute Gasteiger partial charge is 0.462 e. The Bertz CT molecular complexity index is 461. The number of nitrogen functional groups attached to an aromatic ring is 1. The maximum absolute atomic E-state index is 11.8. The van der Waals surface area contributed by atoms with Crippen LogP contribution >= 0.6 is 0 Å². The average molecular weight is 293 g/mol. The van der Waals surface area contributed by atoms with E-state index in [4.69, 9.17) is 10.5 Å². The number of carbonyl (C=O) groups is 1. The normalized spacial score (nSPS) is 11.0. The van der Waals surface area contributed by atoms with E-state index in [1.54, 1.807) is 13.0 Å². The van der Waals surface area contributed by atoms with Crippen LogP contribution < -0.4 is 11.1 Å². The monoisotopic (exact) mass is 293 g/mol. The topological polar surface area (TPSA) is 67.6 Å². The predicted octanol–water partition coefficient (Wildman–Crippen LogP) is 2.59. The summed E-state index contributed by atoms with van der Waals surface area (Å²) in [6.07, 6.45) is 1.01. The van der Waals surface area contributed by atoms with Gasteiger partial charge in [0.15, 0.2) is 0 Å². The third-order valence-corrected chi connectivity index (χ3v) is 3.49. The second-order valence-electron chi connectivity index (χ2n) is 5.34. The molecule has 0 bridgehead atoms. The van der Waals surface area contributed by atoms with Crippen LogP contribution in [0.1, 0.15) is 37.6 Å². The standard InChI is InChI=1S/C16H27N3O2/c1-5-21-16(20)13-8-6-9-14(15(13)17)18-10-7-11-19(4)12(2)3/h6,8-9,12,18H,5,7,10-11,17H2,1-4H3. The van der Waals surface area contributed by atoms with Gasteiger partial charge in [-0.1, -0.05) is 6.07 Å². The van der Waals surface area contributed by atoms with Gasteiger partial charge < -0.3 is 20.7 Å². The lowest BCUT2D eigenvalue weighted by atomic mass is 10.1. The summed E-state index contributed by atoms with van der Waals surface area (Å²) in [7, 11) is 2.11. The second kappa shape index (κ2) is 8.52. The summed E-state index contributed by atoms with van der Waals surface area (Å²) in [4.78, 5) is 14.1. The summed E-state index contributed by atoms with van der Waals surface area (Å²) in [5, 5.41) is 3.29. The molecular weight excluding hydrogens is 266 g/mol. The molecule has 0 radical (unpaired) electrons. The van der Waals surface area contributed by atoms with Crippen molar-refractivity contribution in [2.45, 2.75) is 33.2 Å². The van der Waals surface area contributed by atoms with E-state index in [0.29, 0.717) is 23.9 Å². The summed E-state index contributed by atoms with van der Waals surface area (Å²) < 4.78 is 4.99. The number of para-hydroxylation sites is 1. The van der Waals surface area contributed by atoms with Gasteiger partial charge in [-0.25, -0.2) is 4.79 Å². The third-order valence-electron chi connectivity index (χ3n) is 3.49. The van der Waals surface area contributed by atoms with Crippen molar-refractivity contribution in [3.8, 4) is 0 Å². The van der Waals surface area contributed by atoms with E-state index in [-0.39, 0.29) is 5.97 Å². The van der Waals surface area contributed by atoms with Gasteiger partial charge in [0.25, 0.3) is 0 Å². The lowest BCUT2D eigenvalue weighted by Crippen LogP contribution is -2.28. The molecule has 0 atom stereocenters. The Hall–Kier alpha value is -1.75. The third kappa shape index (κ3) is 5.27. The molecule has 0 aromatic heterocycles. The molecule has 0 saturated carbocycles. The Morgan fingerprint density at radius 3 is 2.76 bits per heavy atom. The van der Waals surface area contributed by atoms with Crippen LogP contribution in [0.2, 0.25) is 0 Å². The van der Waals surface area contributed by atoms with Gasteiger partial charge in [0, 0.05) is 12.6 Å². The molecule has 0 unspecified atom stereocenters. The number of benzene rings is 1. The minimum absolute atomic E-state index is 0.345. The Morgan fingerprint density at radius 1 is 1.43 bits per heavy atom. The van der Waals surface area contributed by atoms with Crippen molar-refractivity contribution in [2.24, 2.45) is 0 Å². The molecule has 0 amide bonds. The van der Waals surface area contributed by atoms with Crippen molar-refractivity contribution in [3.05, 3.63) is 23.8 Å². The Morgan fingerprint density at radius 2 is 2.14 bits per heavy atom. The maximum atomic E-state index is 11.8. The van der Waals surface area contributed by atoms with Crippen molar-refractivity contribution in [3.63, 3.8) is 0 Å². The zero-order valence-electron chi connectivity index (χ0n) is 13.5. The minimum atomic E-state index is -0.377. The fourth-order valence-corrected chi connectivity index (χ4v) is 1.92. The van der Waals surface area contributed by atoms with E-state index in [0.717, 1.165) is 25.2 Å². The number of hydrogen-bond donors (Lipinski definition) is 2. The smallest absolute Gasteiger partial charge is 0.340 e. The molecule has 5 nitrogen and oxygen atoms in total. The molecule has 0 aliphatic rings. The maximum Gasteiger partial charge on any atom is 0.340 e. The SMILES string of the molecule is CCOC(=O)c1cccc(NCCCN(C)C(C)C)c1N. The van der Waals surface area contributed by atoms with Gasteiger partial charge in [-0.05, 0) is 52.9 Å². The summed E-state index contributed by atoms with van der Waals surface area (Å²) in [6.45, 7) is 8.30. The summed E-state index contributed by atoms with van der Waals surface area (Å²) >= 11 is 0. The van der Waals surface area contributed by atoms with Crippen LogP contribution in [0.15, 0.2) is 18.2 Å². The van der Waals surface area contributed by atoms with Gasteiger partial charge in [0.2, 0.25) is 0 Å². The summed E-state index contributed by atoms with van der Waals surface area (Å²) in [5.41, 5.74) is 7.69. The molecule has 3 N–H and O–H groups in total. The fraction of sp³-hybridized carbons (Fsp3) is 0.562. The van der Waals surface area contributed by atoms with Crippen molar-refractivity contribution < 1.29 is 9.53 Å². The number of rotatable bonds is 8. The number of anilines is 2. The number of nitrogens with zero attached hydrogens (tertiary/aromatic N) is 1. The van der Waals surface area contributed by atoms with Gasteiger partial charge in [-0.15, -0.1) is 0 Å². The first kappa shape index (κ1) is 17.3. The number of carbonyl (C=O) groups excluding carboxylic acids is 1. The fourth-order valence-electron chi connectivity index (χ4n) is 1.92. The molecule has 118 valence electrons. The van der Waals surface area contributed by atoms with Crippen LogP contribution in [-0.4, -0.2) is 43.7 Å². The molecule has 0 aliphatic heterocycles. The van der Waals surface area contributed by atoms with Gasteiger partial charge >= 0.3 is 5.97 Å². The summed E-state index contributed by atoms with van der Waals surface area (Å²) in [6, 6.07) is 5.92. The van der Waals surface area contributed by atoms with E-state index in [1.807, 2.05) is 12.1 Å². The van der Waals surface area contributed by atoms with Gasteiger partial charge in [-0.2, -0.15) is 0 Å². The molecule has 0 saturated heterocycles. The van der Waals surface area contributed by atoms with Crippen LogP contribution in [0, 0.1) is 0 Å². The first-order valence-corrected chi connectivity index (χ1v) is 7.47. The van der Waals surface area contributed by atoms with Crippen molar-refractivity contribution in [2.75, 3.05) is 37.8 Å². The molecule has 1 rings (SSSR count). The van der Waals surface area contributed by atoms with Crippen molar-refractivity contribution in [1.82, 2.24) is 4.90 Å². The quantitative estimate of drug-likeness (QED) is 0.438. The molecule has 5 heteroatoms. The van der Waals surface area contributed by atoms with E-state index in [9.17, 15) is 4.79 Å². The highest BCUT2D eigenvalue weighted by molar-refractivity contribution is 5.98. The van der Waals surface area contributed by atoms with Crippen molar-refractivity contribution >= 4 is 17.3 Å². The lowest BCUT2D eigenvalue weighted by molar-refractivity contribution is 0.0527. The van der Waals surface area contributed by atoms with Crippen LogP contribution in [0.25, 0.3) is 0 Å². The second-order valence-corrected chi connectivity index (χ2v) is 5.34. The van der Waals surface area contributed by atoms with Crippen LogP contribution in [0.4, 0.5) is 11.4 Å². The van der Waals surface area contributed by atoms with Gasteiger partial charge in [0.05, 0.1) is 23.5 Å². The Kier molecular flexibility index (Phi) is 7.02. The molecule has 0 heterocycles. The van der Waals surface area contributed by atoms with E-state index in [1.165, 1.54) is 0 Å². The van der Waals surface area contributed by atoms with Crippen LogP contribution in [0.5, 0.6) is 0 Å². The van der Waals surface area contributed by atoms with E-state index in [2.05, 4.69) is 31.1 Å². The zero-order valence-corrected chi connectivity index (χ0v) is 13.5. The summed E-state index contributed by atoms with van der Waals surface area (Å²) in [5.74, 6) is -0.377. The highest BCUT2D eigenvalue weighted by atomic mass is 16.5. The molecule has 1 aromatic carbocycles. The number of hydrogen-bond acceptors (Lipinski definition) is 5. The van der Waals surface area contributed by atoms with Crippen LogP contribution in [0.3, 0.4) is 0 Å². The molecule has 21 heavy (non-hydrogen) atoms. The predicted molar refractivity (Wildman–Crippen MR) is 87.7 cm³/mol. The molecular formula is C16H27N3O2. The van der Waals surface area contributed by atoms with Gasteiger partial charge in [0.1, 0.15) is 0 Å². The lowest BCUT2D eigenvalue weighted by Gasteiger charge is -2.21. The van der Waals surface area contributed by atoms with Gasteiger partial charge in [-0.3, -0.25) is 0 Å². The number of esters is 1. The first-order valence-electron chi connectivity index (χ1n) is 7.47. The Balaban J connectivity index is 2.56. The molecule has 0 fully saturated rings. The highest BCUT2D eigenvalue weighted by Gasteiger charge is 2.13. The average Bonchev–Trinajstić information content (AvgIpc) is 2.44. The highest BCUT2D eigenvalue weighted by Crippen LogP contribution is 2.23. The van der Waals surface area contributed by atoms with Crippen LogP contribution in [-0.2, 0) is 4.74 Å². The molecule has 1 aromatic rings. The van der Waals surface area contributed by atoms with E-state index >= 15 is 0 Å². The molecule has 0 aliphatic carbocycles. The molecule has 0 spiro atoms. The first-order chi connectivity index (χ1) is 9.97. The number of ether oxygens (including phenoxy) is 1. The minimum Gasteiger partial charge on any atom is -0.462 e. The Labute approximate surface area is 127 Å². The number of nitrogens with one attached hydrogen (secondary N) is 1. The number of nitrogens with two attached hydrogens (primary N) is 1. The zero-order chi connectivity index (χ0) is 15.8. The van der Waals surface area contributed by atoms with E-state index < -0.39 is 0 Å². The van der Waals surface area contributed by atoms with Crippen molar-refractivity contribution in [1.29, 1.82) is 0 Å².